The van der Waals surface area contributed by atoms with Crippen molar-refractivity contribution in [2.24, 2.45) is 4.99 Å². The van der Waals surface area contributed by atoms with Crippen molar-refractivity contribution in [2.75, 3.05) is 7.05 Å². The molecule has 1 aliphatic rings. The van der Waals surface area contributed by atoms with Crippen molar-refractivity contribution in [3.8, 4) is 0 Å². The number of fused-ring (bicyclic) bond motifs is 1. The quantitative estimate of drug-likeness (QED) is 0.630. The average Bonchev–Trinajstić information content (AvgIpc) is 3.24. The van der Waals surface area contributed by atoms with Gasteiger partial charge in [0.25, 0.3) is 0 Å². The lowest BCUT2D eigenvalue weighted by Crippen LogP contribution is -2.46. The third kappa shape index (κ3) is 4.36. The van der Waals surface area contributed by atoms with Crippen LogP contribution in [-0.2, 0) is 25.9 Å². The Hall–Kier alpha value is -1.96. The van der Waals surface area contributed by atoms with Crippen molar-refractivity contribution in [3.05, 3.63) is 27.7 Å². The molecule has 2 N–H and O–H groups in total. The first-order valence-electron chi connectivity index (χ1n) is 8.93. The van der Waals surface area contributed by atoms with E-state index in [0.29, 0.717) is 18.5 Å². The fourth-order valence-electron chi connectivity index (χ4n) is 2.83. The predicted octanol–water partition coefficient (Wildman–Crippen LogP) is 2.10. The van der Waals surface area contributed by atoms with Gasteiger partial charge in [-0.3, -0.25) is 4.99 Å². The maximum Gasteiger partial charge on any atom is 0.191 e. The molecular weight excluding hydrogens is 334 g/mol. The second kappa shape index (κ2) is 7.95. The van der Waals surface area contributed by atoms with E-state index in [1.807, 2.05) is 10.9 Å². The maximum absolute atomic E-state index is 4.64. The van der Waals surface area contributed by atoms with Crippen LogP contribution in [0.1, 0.15) is 54.6 Å². The number of hydrogen-bond acceptors (Lipinski definition) is 5. The summed E-state index contributed by atoms with van der Waals surface area (Å²) in [5.74, 6) is 3.21. The third-order valence-electron chi connectivity index (χ3n) is 4.31. The summed E-state index contributed by atoms with van der Waals surface area (Å²) in [5, 5.41) is 12.6. The molecule has 0 radical (unpaired) electrons. The highest BCUT2D eigenvalue weighted by atomic mass is 32.1. The summed E-state index contributed by atoms with van der Waals surface area (Å²) in [6, 6.07) is 0.308. The van der Waals surface area contributed by atoms with Crippen LogP contribution in [0.4, 0.5) is 0 Å². The van der Waals surface area contributed by atoms with Crippen LogP contribution >= 0.6 is 11.3 Å². The van der Waals surface area contributed by atoms with Crippen molar-refractivity contribution >= 4 is 17.3 Å². The summed E-state index contributed by atoms with van der Waals surface area (Å²) in [6.45, 7) is 7.93. The lowest BCUT2D eigenvalue weighted by atomic mass is 10.1. The molecule has 8 heteroatoms. The predicted molar refractivity (Wildman–Crippen MR) is 101 cm³/mol. The molecule has 0 aliphatic carbocycles. The maximum atomic E-state index is 4.64. The molecule has 1 unspecified atom stereocenters. The highest BCUT2D eigenvalue weighted by molar-refractivity contribution is 7.11. The molecule has 1 aliphatic heterocycles. The number of aromatic nitrogens is 4. The second-order valence-electron chi connectivity index (χ2n) is 6.60. The summed E-state index contributed by atoms with van der Waals surface area (Å²) >= 11 is 1.75. The molecule has 0 saturated heterocycles. The minimum atomic E-state index is 0.308. The van der Waals surface area contributed by atoms with E-state index in [2.05, 4.69) is 51.5 Å². The van der Waals surface area contributed by atoms with E-state index in [4.69, 9.17) is 0 Å². The Morgan fingerprint density at radius 3 is 3.00 bits per heavy atom. The van der Waals surface area contributed by atoms with Gasteiger partial charge in [-0.05, 0) is 12.8 Å². The van der Waals surface area contributed by atoms with E-state index >= 15 is 0 Å². The molecule has 3 heterocycles. The van der Waals surface area contributed by atoms with Crippen LogP contribution < -0.4 is 10.6 Å². The van der Waals surface area contributed by atoms with Crippen molar-refractivity contribution in [3.63, 3.8) is 0 Å². The lowest BCUT2D eigenvalue weighted by molar-refractivity contribution is 0.391. The van der Waals surface area contributed by atoms with Gasteiger partial charge in [-0.2, -0.15) is 5.10 Å². The van der Waals surface area contributed by atoms with Crippen LogP contribution in [0, 0.1) is 0 Å². The first-order chi connectivity index (χ1) is 12.1. The van der Waals surface area contributed by atoms with Gasteiger partial charge < -0.3 is 10.6 Å². The third-order valence-corrected chi connectivity index (χ3v) is 5.45. The Kier molecular flexibility index (Phi) is 5.67. The SMILES string of the molecule is CCc1cnc(CNC(=NC)NC2CCc3nc(C(C)C)nn3C2)s1. The van der Waals surface area contributed by atoms with Gasteiger partial charge in [-0.1, -0.05) is 20.8 Å². The van der Waals surface area contributed by atoms with Crippen LogP contribution in [-0.4, -0.2) is 38.8 Å². The smallest absolute Gasteiger partial charge is 0.191 e. The topological polar surface area (TPSA) is 80.0 Å². The second-order valence-corrected chi connectivity index (χ2v) is 7.80. The summed E-state index contributed by atoms with van der Waals surface area (Å²) in [5.41, 5.74) is 0. The number of aryl methyl sites for hydroxylation is 2. The van der Waals surface area contributed by atoms with E-state index in [1.165, 1.54) is 4.88 Å². The molecule has 0 amide bonds. The average molecular weight is 362 g/mol. The molecule has 3 rings (SSSR count). The highest BCUT2D eigenvalue weighted by Gasteiger charge is 2.23. The summed E-state index contributed by atoms with van der Waals surface area (Å²) in [6.07, 6.45) is 4.97. The minimum absolute atomic E-state index is 0.308. The first-order valence-corrected chi connectivity index (χ1v) is 9.75. The van der Waals surface area contributed by atoms with Gasteiger partial charge in [0.1, 0.15) is 10.8 Å². The monoisotopic (exact) mass is 361 g/mol. The molecule has 0 fully saturated rings. The van der Waals surface area contributed by atoms with Crippen molar-refractivity contribution in [1.29, 1.82) is 0 Å². The molecule has 2 aromatic rings. The zero-order valence-corrected chi connectivity index (χ0v) is 16.2. The number of thiazole rings is 1. The standard InChI is InChI=1S/C17H27N7S/c1-5-13-8-19-15(25-13)9-20-17(18-4)21-12-6-7-14-22-16(11(2)3)23-24(14)10-12/h8,11-12H,5-7,9-10H2,1-4H3,(H2,18,20,21). The van der Waals surface area contributed by atoms with Crippen LogP contribution in [0.3, 0.4) is 0 Å². The normalized spacial score (nSPS) is 17.6. The number of guanidine groups is 1. The molecule has 136 valence electrons. The number of hydrogen-bond donors (Lipinski definition) is 2. The molecule has 0 aromatic carbocycles. The van der Waals surface area contributed by atoms with Gasteiger partial charge in [-0.15, -0.1) is 11.3 Å². The molecule has 2 aromatic heterocycles. The van der Waals surface area contributed by atoms with Gasteiger partial charge in [-0.25, -0.2) is 14.6 Å². The summed E-state index contributed by atoms with van der Waals surface area (Å²) < 4.78 is 2.04. The Labute approximate surface area is 153 Å². The highest BCUT2D eigenvalue weighted by Crippen LogP contribution is 2.17. The van der Waals surface area contributed by atoms with Gasteiger partial charge in [0, 0.05) is 36.5 Å². The van der Waals surface area contributed by atoms with Crippen molar-refractivity contribution in [2.45, 2.75) is 65.1 Å². The molecule has 0 saturated carbocycles. The van der Waals surface area contributed by atoms with E-state index in [0.717, 1.165) is 48.4 Å². The van der Waals surface area contributed by atoms with Crippen LogP contribution in [0.2, 0.25) is 0 Å². The fraction of sp³-hybridized carbons (Fsp3) is 0.647. The summed E-state index contributed by atoms with van der Waals surface area (Å²) in [7, 11) is 1.80. The Bertz CT molecular complexity index is 731. The van der Waals surface area contributed by atoms with Gasteiger partial charge >= 0.3 is 0 Å². The van der Waals surface area contributed by atoms with Crippen LogP contribution in [0.15, 0.2) is 11.2 Å². The van der Waals surface area contributed by atoms with Gasteiger partial charge in [0.05, 0.1) is 13.1 Å². The zero-order valence-electron chi connectivity index (χ0n) is 15.4. The van der Waals surface area contributed by atoms with E-state index in [-0.39, 0.29) is 0 Å². The number of nitrogens with zero attached hydrogens (tertiary/aromatic N) is 5. The largest absolute Gasteiger partial charge is 0.352 e. The number of nitrogens with one attached hydrogen (secondary N) is 2. The van der Waals surface area contributed by atoms with Crippen LogP contribution in [0.25, 0.3) is 0 Å². The first kappa shape index (κ1) is 17.8. The van der Waals surface area contributed by atoms with Gasteiger partial charge in [0.2, 0.25) is 0 Å². The van der Waals surface area contributed by atoms with Crippen molar-refractivity contribution < 1.29 is 0 Å². The van der Waals surface area contributed by atoms with E-state index < -0.39 is 0 Å². The molecule has 25 heavy (non-hydrogen) atoms. The Morgan fingerprint density at radius 1 is 1.48 bits per heavy atom. The van der Waals surface area contributed by atoms with E-state index in [1.54, 1.807) is 18.4 Å². The molecule has 0 bridgehead atoms. The molecule has 7 nitrogen and oxygen atoms in total. The Morgan fingerprint density at radius 2 is 2.32 bits per heavy atom. The van der Waals surface area contributed by atoms with Gasteiger partial charge in [0.15, 0.2) is 11.8 Å². The fourth-order valence-corrected chi connectivity index (χ4v) is 3.63. The zero-order chi connectivity index (χ0) is 17.8. The van der Waals surface area contributed by atoms with Crippen molar-refractivity contribution in [1.82, 2.24) is 30.4 Å². The number of rotatable bonds is 5. The number of aliphatic imine (C=N–C) groups is 1. The lowest BCUT2D eigenvalue weighted by Gasteiger charge is -2.25. The minimum Gasteiger partial charge on any atom is -0.352 e. The molecule has 0 spiro atoms. The van der Waals surface area contributed by atoms with E-state index in [9.17, 15) is 0 Å². The Balaban J connectivity index is 1.55. The summed E-state index contributed by atoms with van der Waals surface area (Å²) in [4.78, 5) is 14.7. The molecular formula is C17H27N7S. The van der Waals surface area contributed by atoms with Crippen LogP contribution in [0.5, 0.6) is 0 Å². The molecule has 1 atom stereocenters.